The number of methoxy groups -OCH3 is 2. The van der Waals surface area contributed by atoms with E-state index in [4.69, 9.17) is 18.9 Å². The van der Waals surface area contributed by atoms with Crippen molar-refractivity contribution in [2.45, 2.75) is 76.1 Å². The SMILES string of the molecule is C=C1C[C@H]2C(C)Cc3cc(OCCP(=O)(CCOc4cc5c(cc4OC)C(=O)N4CC(=C)C[C@H]4C(S(=O)(=O)O)C5)NCC(=O)CCCC)c(OC)cc3C(=O)N2C1. The molecule has 0 saturated carbocycles. The van der Waals surface area contributed by atoms with Crippen molar-refractivity contribution < 1.29 is 50.9 Å². The van der Waals surface area contributed by atoms with Gasteiger partial charge >= 0.3 is 0 Å². The van der Waals surface area contributed by atoms with E-state index in [1.807, 2.05) is 17.9 Å². The van der Waals surface area contributed by atoms with Crippen molar-refractivity contribution in [3.05, 3.63) is 70.8 Å². The summed E-state index contributed by atoms with van der Waals surface area (Å²) >= 11 is 0. The fourth-order valence-corrected chi connectivity index (χ4v) is 11.3. The van der Waals surface area contributed by atoms with Gasteiger partial charge in [-0.3, -0.25) is 24.0 Å². The van der Waals surface area contributed by atoms with Crippen molar-refractivity contribution in [2.75, 3.05) is 59.4 Å². The summed E-state index contributed by atoms with van der Waals surface area (Å²) in [5.41, 5.74) is 3.76. The number of nitrogens with zero attached hydrogens (tertiary/aromatic N) is 2. The third kappa shape index (κ3) is 9.27. The van der Waals surface area contributed by atoms with Gasteiger partial charge in [-0.2, -0.15) is 8.42 Å². The number of Topliss-reactive ketones (excluding diaryl/α,β-unsaturated/α-hetero) is 1. The van der Waals surface area contributed by atoms with E-state index < -0.39 is 34.6 Å². The fraction of sp³-hybridized carbons (Fsp3) is 0.537. The second-order valence-corrected chi connectivity index (χ2v) is 20.3. The molecule has 3 unspecified atom stereocenters. The number of carbonyl (C=O) groups is 3. The van der Waals surface area contributed by atoms with E-state index in [1.165, 1.54) is 31.3 Å². The first-order chi connectivity index (χ1) is 27.0. The smallest absolute Gasteiger partial charge is 0.270 e. The van der Waals surface area contributed by atoms with Crippen molar-refractivity contribution in [2.24, 2.45) is 5.92 Å². The van der Waals surface area contributed by atoms with E-state index in [0.29, 0.717) is 47.6 Å². The van der Waals surface area contributed by atoms with E-state index in [-0.39, 0.29) is 92.2 Å². The maximum Gasteiger partial charge on any atom is 0.270 e. The molecule has 57 heavy (non-hydrogen) atoms. The average molecular weight is 828 g/mol. The molecule has 5 atom stereocenters. The predicted octanol–water partition coefficient (Wildman–Crippen LogP) is 5.33. The summed E-state index contributed by atoms with van der Waals surface area (Å²) in [6.45, 7) is 12.7. The Morgan fingerprint density at radius 2 is 1.35 bits per heavy atom. The first kappa shape index (κ1) is 42.4. The third-order valence-corrected chi connectivity index (χ3v) is 15.4. The number of hydrogen-bond donors (Lipinski definition) is 2. The molecule has 0 bridgehead atoms. The first-order valence-corrected chi connectivity index (χ1v) is 23.1. The lowest BCUT2D eigenvalue weighted by Crippen LogP contribution is -2.44. The lowest BCUT2D eigenvalue weighted by Gasteiger charge is -2.26. The van der Waals surface area contributed by atoms with E-state index in [9.17, 15) is 31.9 Å². The number of ketones is 1. The van der Waals surface area contributed by atoms with Gasteiger partial charge in [0.25, 0.3) is 21.9 Å². The zero-order valence-electron chi connectivity index (χ0n) is 33.2. The monoisotopic (exact) mass is 827 g/mol. The Labute approximate surface area is 335 Å². The Morgan fingerprint density at radius 1 is 0.842 bits per heavy atom. The van der Waals surface area contributed by atoms with Crippen LogP contribution in [0.25, 0.3) is 0 Å². The van der Waals surface area contributed by atoms with Gasteiger partial charge in [-0.25, -0.2) is 0 Å². The molecule has 2 N–H and O–H groups in total. The van der Waals surface area contributed by atoms with Crippen LogP contribution in [0.3, 0.4) is 0 Å². The highest BCUT2D eigenvalue weighted by atomic mass is 32.2. The Bertz CT molecular complexity index is 2100. The molecular weight excluding hydrogens is 774 g/mol. The number of ether oxygens (including phenoxy) is 4. The highest BCUT2D eigenvalue weighted by Gasteiger charge is 2.46. The number of nitrogens with one attached hydrogen (secondary N) is 1. The molecule has 2 amide bonds. The number of unbranched alkanes of at least 4 members (excludes halogenated alkanes) is 1. The number of carbonyl (C=O) groups excluding carboxylic acids is 3. The van der Waals surface area contributed by atoms with Crippen molar-refractivity contribution >= 4 is 35.0 Å². The van der Waals surface area contributed by atoms with Gasteiger partial charge in [0.05, 0.1) is 40.0 Å². The molecule has 6 rings (SSSR count). The lowest BCUT2D eigenvalue weighted by atomic mass is 9.91. The van der Waals surface area contributed by atoms with Crippen LogP contribution in [0.5, 0.6) is 23.0 Å². The summed E-state index contributed by atoms with van der Waals surface area (Å²) in [4.78, 5) is 43.3. The minimum Gasteiger partial charge on any atom is -0.493 e. The minimum atomic E-state index is -4.55. The Kier molecular flexibility index (Phi) is 12.9. The molecule has 310 valence electrons. The van der Waals surface area contributed by atoms with Crippen LogP contribution < -0.4 is 24.0 Å². The van der Waals surface area contributed by atoms with Crippen LogP contribution >= 0.6 is 7.29 Å². The molecule has 2 saturated heterocycles. The van der Waals surface area contributed by atoms with Gasteiger partial charge in [-0.1, -0.05) is 44.6 Å². The Hall–Kier alpha value is -4.17. The maximum atomic E-state index is 14.5. The van der Waals surface area contributed by atoms with Crippen LogP contribution in [-0.4, -0.2) is 117 Å². The summed E-state index contributed by atoms with van der Waals surface area (Å²) in [5.74, 6) is 0.891. The highest BCUT2D eigenvalue weighted by molar-refractivity contribution is 7.86. The molecule has 2 fully saturated rings. The standard InChI is InChI=1S/C41H54N3O11PS/c1-7-8-9-30(45)22-42-56(48,12-10-54-37-17-28-16-27(4)33-14-25(2)23-43(33)40(46)31(28)20-35(37)52-5)13-11-55-38-18-29-19-39(57(49,50)51)34-15-26(3)24-44(34)41(47)32(29)21-36(38)53-6/h17-18,20-21,27,33-34,39H,2-3,7-16,19,22-24H2,1,4-6H3,(H,42,48)(H,49,50,51)/t27?,33-,34-,39?,56?/m0/s1. The average Bonchev–Trinajstić information content (AvgIpc) is 3.71. The molecule has 0 spiro atoms. The second-order valence-electron chi connectivity index (χ2n) is 15.7. The van der Waals surface area contributed by atoms with Gasteiger partial charge in [-0.05, 0) is 73.4 Å². The van der Waals surface area contributed by atoms with Crippen LogP contribution in [-0.2, 0) is 32.3 Å². The Morgan fingerprint density at radius 3 is 1.86 bits per heavy atom. The van der Waals surface area contributed by atoms with Gasteiger partial charge < -0.3 is 33.3 Å². The van der Waals surface area contributed by atoms with E-state index in [0.717, 1.165) is 30.4 Å². The fourth-order valence-electron chi connectivity index (χ4n) is 8.45. The topological polar surface area (TPSA) is 178 Å². The quantitative estimate of drug-likeness (QED) is 0.119. The molecular formula is C41H54N3O11PS. The van der Waals surface area contributed by atoms with Crippen LogP contribution in [0.2, 0.25) is 0 Å². The Balaban J connectivity index is 1.19. The zero-order valence-corrected chi connectivity index (χ0v) is 34.9. The van der Waals surface area contributed by atoms with Gasteiger partial charge in [-0.15, -0.1) is 0 Å². The van der Waals surface area contributed by atoms with E-state index in [1.54, 1.807) is 6.07 Å². The largest absolute Gasteiger partial charge is 0.493 e. The minimum absolute atomic E-state index is 0.00194. The summed E-state index contributed by atoms with van der Waals surface area (Å²) in [7, 11) is -4.97. The molecule has 2 aromatic carbocycles. The molecule has 4 aliphatic heterocycles. The molecule has 4 heterocycles. The molecule has 0 aromatic heterocycles. The van der Waals surface area contributed by atoms with Crippen LogP contribution in [0.4, 0.5) is 0 Å². The highest BCUT2D eigenvalue weighted by Crippen LogP contribution is 2.44. The molecule has 16 heteroatoms. The summed E-state index contributed by atoms with van der Waals surface area (Å²) < 4.78 is 73.4. The van der Waals surface area contributed by atoms with E-state index >= 15 is 0 Å². The van der Waals surface area contributed by atoms with Gasteiger partial charge in [0.2, 0.25) is 0 Å². The van der Waals surface area contributed by atoms with Crippen molar-refractivity contribution in [1.29, 1.82) is 0 Å². The van der Waals surface area contributed by atoms with Crippen molar-refractivity contribution in [3.8, 4) is 23.0 Å². The second kappa shape index (κ2) is 17.4. The lowest BCUT2D eigenvalue weighted by molar-refractivity contribution is -0.118. The summed E-state index contributed by atoms with van der Waals surface area (Å²) in [6.07, 6.45) is 3.52. The zero-order chi connectivity index (χ0) is 41.2. The number of fused-ring (bicyclic) bond motifs is 4. The van der Waals surface area contributed by atoms with Gasteiger partial charge in [0.1, 0.15) is 11.0 Å². The van der Waals surface area contributed by atoms with Crippen LogP contribution in [0.1, 0.15) is 77.8 Å². The third-order valence-electron chi connectivity index (χ3n) is 11.6. The number of rotatable bonds is 17. The summed E-state index contributed by atoms with van der Waals surface area (Å²) in [6, 6.07) is 5.88. The van der Waals surface area contributed by atoms with E-state index in [2.05, 4.69) is 25.2 Å². The molecule has 0 aliphatic carbocycles. The predicted molar refractivity (Wildman–Crippen MR) is 216 cm³/mol. The number of amides is 2. The van der Waals surface area contributed by atoms with Crippen molar-refractivity contribution in [3.63, 3.8) is 0 Å². The number of hydrogen-bond acceptors (Lipinski definition) is 10. The van der Waals surface area contributed by atoms with Crippen molar-refractivity contribution in [1.82, 2.24) is 14.9 Å². The maximum absolute atomic E-state index is 14.5. The van der Waals surface area contributed by atoms with Gasteiger partial charge in [0, 0.05) is 49.0 Å². The molecule has 0 radical (unpaired) electrons. The van der Waals surface area contributed by atoms with Crippen LogP contribution in [0, 0.1) is 5.92 Å². The molecule has 4 aliphatic rings. The summed E-state index contributed by atoms with van der Waals surface area (Å²) in [5, 5.41) is 1.75. The normalized spacial score (nSPS) is 22.8. The first-order valence-electron chi connectivity index (χ1n) is 19.5. The molecule has 2 aromatic rings. The number of benzene rings is 2. The van der Waals surface area contributed by atoms with Crippen LogP contribution in [0.15, 0.2) is 48.6 Å². The molecule has 14 nitrogen and oxygen atoms in total. The van der Waals surface area contributed by atoms with Gasteiger partial charge in [0.15, 0.2) is 30.3 Å².